The van der Waals surface area contributed by atoms with Gasteiger partial charge in [0.15, 0.2) is 0 Å². The number of hydrogen-bond acceptors (Lipinski definition) is 4. The molecule has 0 aliphatic heterocycles. The number of aromatic nitrogens is 2. The molecule has 7 nitrogen and oxygen atoms in total. The quantitative estimate of drug-likeness (QED) is 0.566. The van der Waals surface area contributed by atoms with Crippen LogP contribution in [0.5, 0.6) is 0 Å². The Morgan fingerprint density at radius 3 is 2.48 bits per heavy atom. The van der Waals surface area contributed by atoms with E-state index in [1.54, 1.807) is 24.3 Å². The molecule has 1 unspecified atom stereocenters. The maximum atomic E-state index is 12.7. The van der Waals surface area contributed by atoms with Crippen molar-refractivity contribution in [2.75, 3.05) is 4.72 Å². The van der Waals surface area contributed by atoms with E-state index < -0.39 is 10.2 Å². The summed E-state index contributed by atoms with van der Waals surface area (Å²) in [6.07, 6.45) is 1.40. The molecule has 4 N–H and O–H groups in total. The number of carbonyl (C=O) groups is 1. The van der Waals surface area contributed by atoms with Crippen LogP contribution >= 0.6 is 0 Å². The largest absolute Gasteiger partial charge is 0.355 e. The lowest BCUT2D eigenvalue weighted by molar-refractivity contribution is 0.103. The molecule has 0 amide bonds. The molecule has 8 heteroatoms. The van der Waals surface area contributed by atoms with E-state index in [9.17, 15) is 13.2 Å². The molecule has 2 aromatic heterocycles. The summed E-state index contributed by atoms with van der Waals surface area (Å²) in [6, 6.07) is 14.3. The van der Waals surface area contributed by atoms with Gasteiger partial charge in [0.1, 0.15) is 0 Å². The summed E-state index contributed by atoms with van der Waals surface area (Å²) < 4.78 is 24.3. The van der Waals surface area contributed by atoms with Gasteiger partial charge in [0.2, 0.25) is 5.78 Å². The molecule has 1 aromatic carbocycles. The molecule has 0 saturated heterocycles. The van der Waals surface area contributed by atoms with Crippen LogP contribution < -0.4 is 9.86 Å². The summed E-state index contributed by atoms with van der Waals surface area (Å²) in [7, 11) is -3.83. The van der Waals surface area contributed by atoms with E-state index in [1.165, 1.54) is 6.20 Å². The first-order valence-corrected chi connectivity index (χ1v) is 9.85. The monoisotopic (exact) mass is 384 g/mol. The molecular weight excluding hydrogens is 364 g/mol. The van der Waals surface area contributed by atoms with Gasteiger partial charge in [-0.15, -0.1) is 0 Å². The number of aryl methyl sites for hydroxylation is 1. The van der Waals surface area contributed by atoms with Gasteiger partial charge in [0.05, 0.1) is 17.6 Å². The number of nitrogens with zero attached hydrogens (tertiary/aromatic N) is 1. The first kappa shape index (κ1) is 18.8. The van der Waals surface area contributed by atoms with Crippen LogP contribution in [0, 0.1) is 6.92 Å². The van der Waals surface area contributed by atoms with E-state index in [2.05, 4.69) is 14.7 Å². The van der Waals surface area contributed by atoms with Crippen molar-refractivity contribution in [2.45, 2.75) is 19.8 Å². The minimum atomic E-state index is -3.83. The van der Waals surface area contributed by atoms with Crippen molar-refractivity contribution < 1.29 is 13.2 Å². The van der Waals surface area contributed by atoms with Gasteiger partial charge in [-0.2, -0.15) is 8.42 Å². The first-order chi connectivity index (χ1) is 12.7. The Morgan fingerprint density at radius 2 is 1.89 bits per heavy atom. The fraction of sp³-hybridized carbons (Fsp3) is 0.158. The Labute approximate surface area is 157 Å². The Kier molecular flexibility index (Phi) is 5.11. The topological polar surface area (TPSA) is 118 Å². The second-order valence-corrected chi connectivity index (χ2v) is 7.61. The lowest BCUT2D eigenvalue weighted by Gasteiger charge is -2.10. The summed E-state index contributed by atoms with van der Waals surface area (Å²) >= 11 is 0. The number of H-pyrrole nitrogens is 1. The number of rotatable bonds is 6. The van der Waals surface area contributed by atoms with Crippen molar-refractivity contribution in [3.63, 3.8) is 0 Å². The number of anilines is 1. The summed E-state index contributed by atoms with van der Waals surface area (Å²) in [5, 5.41) is 4.95. The number of nitrogens with two attached hydrogens (primary N) is 1. The number of aromatic amines is 1. The van der Waals surface area contributed by atoms with Gasteiger partial charge in [0.25, 0.3) is 10.2 Å². The van der Waals surface area contributed by atoms with E-state index in [0.29, 0.717) is 11.3 Å². The highest BCUT2D eigenvalue weighted by molar-refractivity contribution is 7.90. The van der Waals surface area contributed by atoms with Crippen LogP contribution in [0.4, 0.5) is 5.69 Å². The zero-order chi connectivity index (χ0) is 19.6. The Morgan fingerprint density at radius 1 is 1.19 bits per heavy atom. The van der Waals surface area contributed by atoms with Gasteiger partial charge in [0, 0.05) is 22.9 Å². The summed E-state index contributed by atoms with van der Waals surface area (Å²) in [6.45, 7) is 3.84. The fourth-order valence-corrected chi connectivity index (χ4v) is 3.28. The SMILES string of the molecule is Cc1cc(C(C)c2ccc(NS(N)(=O)=O)cn2)[nH]c1C(=O)c1ccccc1. The highest BCUT2D eigenvalue weighted by Gasteiger charge is 2.19. The Balaban J connectivity index is 1.84. The molecule has 2 heterocycles. The molecule has 0 spiro atoms. The average molecular weight is 384 g/mol. The number of pyridine rings is 1. The number of nitrogens with one attached hydrogen (secondary N) is 2. The highest BCUT2D eigenvalue weighted by atomic mass is 32.2. The normalized spacial score (nSPS) is 12.6. The van der Waals surface area contributed by atoms with E-state index >= 15 is 0 Å². The molecule has 3 aromatic rings. The Bertz CT molecular complexity index is 1060. The fourth-order valence-electron chi connectivity index (χ4n) is 2.83. The lowest BCUT2D eigenvalue weighted by atomic mass is 10.0. The molecular formula is C19H20N4O3S. The highest BCUT2D eigenvalue weighted by Crippen LogP contribution is 2.25. The Hall–Kier alpha value is -2.97. The van der Waals surface area contributed by atoms with Crippen LogP contribution in [0.2, 0.25) is 0 Å². The first-order valence-electron chi connectivity index (χ1n) is 8.30. The predicted octanol–water partition coefficient (Wildman–Crippen LogP) is 2.72. The lowest BCUT2D eigenvalue weighted by Crippen LogP contribution is -2.21. The van der Waals surface area contributed by atoms with Gasteiger partial charge >= 0.3 is 0 Å². The smallest absolute Gasteiger partial charge is 0.296 e. The van der Waals surface area contributed by atoms with Crippen molar-refractivity contribution in [3.8, 4) is 0 Å². The number of carbonyl (C=O) groups excluding carboxylic acids is 1. The van der Waals surface area contributed by atoms with Gasteiger partial charge in [-0.25, -0.2) is 5.14 Å². The molecule has 140 valence electrons. The zero-order valence-corrected chi connectivity index (χ0v) is 15.7. The van der Waals surface area contributed by atoms with Crippen LogP contribution in [-0.2, 0) is 10.2 Å². The molecule has 3 rings (SSSR count). The third kappa shape index (κ3) is 4.42. The number of benzene rings is 1. The maximum absolute atomic E-state index is 12.7. The minimum absolute atomic E-state index is 0.0628. The van der Waals surface area contributed by atoms with Crippen LogP contribution in [0.15, 0.2) is 54.7 Å². The second kappa shape index (κ2) is 7.34. The van der Waals surface area contributed by atoms with Crippen molar-refractivity contribution in [1.29, 1.82) is 0 Å². The van der Waals surface area contributed by atoms with Crippen LogP contribution in [0.25, 0.3) is 0 Å². The molecule has 27 heavy (non-hydrogen) atoms. The zero-order valence-electron chi connectivity index (χ0n) is 14.9. The predicted molar refractivity (Wildman–Crippen MR) is 104 cm³/mol. The summed E-state index contributed by atoms with van der Waals surface area (Å²) in [4.78, 5) is 20.2. The average Bonchev–Trinajstić information content (AvgIpc) is 3.02. The van der Waals surface area contributed by atoms with Gasteiger partial charge in [-0.3, -0.25) is 14.5 Å². The van der Waals surface area contributed by atoms with Crippen molar-refractivity contribution in [1.82, 2.24) is 9.97 Å². The third-order valence-corrected chi connectivity index (χ3v) is 4.78. The summed E-state index contributed by atoms with van der Waals surface area (Å²) in [5.74, 6) is -0.170. The maximum Gasteiger partial charge on any atom is 0.296 e. The van der Waals surface area contributed by atoms with E-state index in [4.69, 9.17) is 5.14 Å². The van der Waals surface area contributed by atoms with Crippen molar-refractivity contribution in [2.24, 2.45) is 5.14 Å². The van der Waals surface area contributed by atoms with Crippen LogP contribution in [0.3, 0.4) is 0 Å². The minimum Gasteiger partial charge on any atom is -0.355 e. The molecule has 0 radical (unpaired) electrons. The van der Waals surface area contributed by atoms with E-state index in [1.807, 2.05) is 38.1 Å². The van der Waals surface area contributed by atoms with E-state index in [0.717, 1.165) is 17.0 Å². The second-order valence-electron chi connectivity index (χ2n) is 6.32. The molecule has 0 aliphatic carbocycles. The standard InChI is InChI=1S/C19H20N4O3S/c1-12-10-17(22-18(12)19(24)14-6-4-3-5-7-14)13(2)16-9-8-15(11-21-16)23-27(20,25)26/h3-11,13,22-23H,1-2H3,(H2,20,25,26). The summed E-state index contributed by atoms with van der Waals surface area (Å²) in [5.41, 5.74) is 3.91. The number of ketones is 1. The van der Waals surface area contributed by atoms with Crippen molar-refractivity contribution in [3.05, 3.63) is 82.9 Å². The van der Waals surface area contributed by atoms with Crippen LogP contribution in [-0.4, -0.2) is 24.2 Å². The van der Waals surface area contributed by atoms with Crippen LogP contribution in [0.1, 0.15) is 45.8 Å². The van der Waals surface area contributed by atoms with Gasteiger partial charge < -0.3 is 4.98 Å². The van der Waals surface area contributed by atoms with Crippen molar-refractivity contribution >= 4 is 21.7 Å². The van der Waals surface area contributed by atoms with Gasteiger partial charge in [-0.05, 0) is 30.7 Å². The molecule has 0 aliphatic rings. The van der Waals surface area contributed by atoms with E-state index in [-0.39, 0.29) is 17.4 Å². The third-order valence-electron chi connectivity index (χ3n) is 4.26. The molecule has 0 saturated carbocycles. The number of hydrogen-bond donors (Lipinski definition) is 3. The molecule has 1 atom stereocenters. The molecule has 0 bridgehead atoms. The molecule has 0 fully saturated rings. The van der Waals surface area contributed by atoms with Gasteiger partial charge in [-0.1, -0.05) is 37.3 Å².